The van der Waals surface area contributed by atoms with Crippen LogP contribution in [0.5, 0.6) is 0 Å². The van der Waals surface area contributed by atoms with Crippen molar-refractivity contribution in [1.29, 1.82) is 0 Å². The van der Waals surface area contributed by atoms with E-state index in [0.29, 0.717) is 12.8 Å². The van der Waals surface area contributed by atoms with Crippen LogP contribution in [-0.2, 0) is 28.6 Å². The van der Waals surface area contributed by atoms with Crippen LogP contribution < -0.4 is 0 Å². The van der Waals surface area contributed by atoms with Crippen molar-refractivity contribution in [3.05, 3.63) is 72.9 Å². The molecule has 0 N–H and O–H groups in total. The number of carbonyl (C=O) groups is 3. The van der Waals surface area contributed by atoms with E-state index in [2.05, 4.69) is 81.5 Å². The van der Waals surface area contributed by atoms with Crippen LogP contribution in [-0.4, -0.2) is 37.2 Å². The highest BCUT2D eigenvalue weighted by Crippen LogP contribution is 2.17. The molecule has 0 fully saturated rings. The third kappa shape index (κ3) is 57.6. The number of carbonyl (C=O) groups excluding carboxylic acids is 3. The second kappa shape index (κ2) is 59.4. The van der Waals surface area contributed by atoms with Crippen molar-refractivity contribution >= 4 is 17.9 Å². The minimum absolute atomic E-state index is 0.0975. The van der Waals surface area contributed by atoms with Crippen molar-refractivity contribution < 1.29 is 28.6 Å². The number of unbranched alkanes of at least 4 members (excludes halogenated alkanes) is 33. The number of ether oxygens (including phenoxy) is 3. The monoisotopic (exact) mass is 991 g/mol. The highest BCUT2D eigenvalue weighted by Gasteiger charge is 2.19. The predicted octanol–water partition coefficient (Wildman–Crippen LogP) is 20.5. The van der Waals surface area contributed by atoms with E-state index < -0.39 is 12.1 Å². The molecule has 0 aromatic rings. The Kier molecular flexibility index (Phi) is 56.8. The van der Waals surface area contributed by atoms with Gasteiger partial charge in [-0.15, -0.1) is 0 Å². The van der Waals surface area contributed by atoms with Crippen LogP contribution in [0.4, 0.5) is 0 Å². The summed E-state index contributed by atoms with van der Waals surface area (Å²) < 4.78 is 16.8. The van der Waals surface area contributed by atoms with Crippen molar-refractivity contribution in [3.8, 4) is 0 Å². The fourth-order valence-electron chi connectivity index (χ4n) is 8.69. The zero-order chi connectivity index (χ0) is 51.4. The predicted molar refractivity (Wildman–Crippen MR) is 307 cm³/mol. The Morgan fingerprint density at radius 3 is 0.915 bits per heavy atom. The summed E-state index contributed by atoms with van der Waals surface area (Å²) >= 11 is 0. The van der Waals surface area contributed by atoms with E-state index in [1.54, 1.807) is 6.08 Å². The zero-order valence-electron chi connectivity index (χ0n) is 47.0. The van der Waals surface area contributed by atoms with Crippen LogP contribution >= 0.6 is 0 Å². The zero-order valence-corrected chi connectivity index (χ0v) is 47.0. The lowest BCUT2D eigenvalue weighted by atomic mass is 10.0. The molecule has 0 heterocycles. The first-order valence-electron chi connectivity index (χ1n) is 30.4. The average molecular weight is 992 g/mol. The normalized spacial score (nSPS) is 12.5. The van der Waals surface area contributed by atoms with Gasteiger partial charge in [0.15, 0.2) is 6.10 Å². The lowest BCUT2D eigenvalue weighted by molar-refractivity contribution is -0.166. The van der Waals surface area contributed by atoms with Crippen LogP contribution in [0.3, 0.4) is 0 Å². The number of hydrogen-bond donors (Lipinski definition) is 0. The Morgan fingerprint density at radius 1 is 0.310 bits per heavy atom. The first-order valence-corrected chi connectivity index (χ1v) is 30.4. The quantitative estimate of drug-likeness (QED) is 0.0261. The molecule has 0 amide bonds. The van der Waals surface area contributed by atoms with Gasteiger partial charge in [-0.05, 0) is 70.6 Å². The second-order valence-electron chi connectivity index (χ2n) is 20.3. The highest BCUT2D eigenvalue weighted by atomic mass is 16.6. The Morgan fingerprint density at radius 2 is 0.592 bits per heavy atom. The van der Waals surface area contributed by atoms with Gasteiger partial charge in [0.1, 0.15) is 13.2 Å². The SMILES string of the molecule is CC/C=C\C/C=C\C/C=C\C/C=C\C/C=C\CC(=O)OC(COC(=O)CCCCCCC/C=C\CCCCCCC)COC(=O)CCCCCCCCCCCCCCCCCCCCCCCCCC. The van der Waals surface area contributed by atoms with E-state index in [-0.39, 0.29) is 31.6 Å². The molecule has 6 nitrogen and oxygen atoms in total. The van der Waals surface area contributed by atoms with Gasteiger partial charge in [0, 0.05) is 12.8 Å². The molecule has 0 aliphatic carbocycles. The molecule has 410 valence electrons. The number of hydrogen-bond acceptors (Lipinski definition) is 6. The molecule has 0 aliphatic rings. The minimum atomic E-state index is -0.832. The molecule has 1 unspecified atom stereocenters. The molecule has 1 atom stereocenters. The van der Waals surface area contributed by atoms with E-state index in [9.17, 15) is 14.4 Å². The van der Waals surface area contributed by atoms with Crippen molar-refractivity contribution in [3.63, 3.8) is 0 Å². The smallest absolute Gasteiger partial charge is 0.310 e. The summed E-state index contributed by atoms with van der Waals surface area (Å²) in [7, 11) is 0. The molecule has 0 aromatic carbocycles. The van der Waals surface area contributed by atoms with Crippen molar-refractivity contribution in [1.82, 2.24) is 0 Å². The Hall–Kier alpha value is -3.15. The molecular weight excluding hydrogens is 877 g/mol. The van der Waals surface area contributed by atoms with Crippen LogP contribution in [0.2, 0.25) is 0 Å². The molecule has 0 aliphatic heterocycles. The van der Waals surface area contributed by atoms with E-state index in [4.69, 9.17) is 14.2 Å². The topological polar surface area (TPSA) is 78.9 Å². The van der Waals surface area contributed by atoms with Gasteiger partial charge in [0.05, 0.1) is 6.42 Å². The molecule has 0 rings (SSSR count). The van der Waals surface area contributed by atoms with Crippen LogP contribution in [0.1, 0.15) is 303 Å². The molecule has 71 heavy (non-hydrogen) atoms. The van der Waals surface area contributed by atoms with E-state index in [1.165, 1.54) is 180 Å². The molecule has 0 saturated heterocycles. The van der Waals surface area contributed by atoms with E-state index in [0.717, 1.165) is 83.5 Å². The maximum Gasteiger partial charge on any atom is 0.310 e. The number of esters is 3. The Balaban J connectivity index is 4.34. The molecule has 6 heteroatoms. The number of allylic oxidation sites excluding steroid dienone is 11. The largest absolute Gasteiger partial charge is 0.462 e. The summed E-state index contributed by atoms with van der Waals surface area (Å²) in [5.74, 6) is -1.04. The van der Waals surface area contributed by atoms with Crippen molar-refractivity contribution in [2.24, 2.45) is 0 Å². The van der Waals surface area contributed by atoms with Crippen LogP contribution in [0.25, 0.3) is 0 Å². The molecule has 0 bridgehead atoms. The summed E-state index contributed by atoms with van der Waals surface area (Å²) in [6.45, 7) is 6.46. The maximum absolute atomic E-state index is 12.8. The lowest BCUT2D eigenvalue weighted by Gasteiger charge is -2.18. The van der Waals surface area contributed by atoms with Gasteiger partial charge < -0.3 is 14.2 Å². The summed E-state index contributed by atoms with van der Waals surface area (Å²) in [6.07, 6.45) is 76.5. The second-order valence-corrected chi connectivity index (χ2v) is 20.3. The van der Waals surface area contributed by atoms with Gasteiger partial charge in [-0.2, -0.15) is 0 Å². The lowest BCUT2D eigenvalue weighted by Crippen LogP contribution is -2.30. The van der Waals surface area contributed by atoms with Gasteiger partial charge in [-0.25, -0.2) is 0 Å². The molecule has 0 saturated carbocycles. The minimum Gasteiger partial charge on any atom is -0.462 e. The first kappa shape index (κ1) is 67.8. The highest BCUT2D eigenvalue weighted by molar-refractivity contribution is 5.72. The molecule has 0 spiro atoms. The molecule has 0 radical (unpaired) electrons. The Bertz CT molecular complexity index is 1320. The standard InChI is InChI=1S/C65H114O6/c1-4-7-10-13-16-19-22-25-28-29-30-31-32-33-34-35-36-38-40-43-46-49-52-55-58-64(67)70-61-62(60-69-63(66)57-54-51-48-45-42-39-27-24-21-18-15-12-9-6-3)71-65(68)59-56-53-50-47-44-41-37-26-23-20-17-14-11-8-5-2/h8,11,17,20,24,26-27,37,44,47,53,56,62H,4-7,9-10,12-16,18-19,21-23,25,28-36,38-43,45-46,48-52,54-55,57-61H2,1-3H3/b11-8-,20-17-,27-24-,37-26-,47-44-,56-53-. The van der Waals surface area contributed by atoms with E-state index in [1.807, 2.05) is 6.08 Å². The van der Waals surface area contributed by atoms with Gasteiger partial charge in [0.2, 0.25) is 0 Å². The maximum atomic E-state index is 12.8. The first-order chi connectivity index (χ1) is 35.0. The summed E-state index contributed by atoms with van der Waals surface area (Å²) in [4.78, 5) is 38.1. The van der Waals surface area contributed by atoms with Crippen molar-refractivity contribution in [2.75, 3.05) is 13.2 Å². The van der Waals surface area contributed by atoms with Gasteiger partial charge >= 0.3 is 17.9 Å². The van der Waals surface area contributed by atoms with E-state index >= 15 is 0 Å². The van der Waals surface area contributed by atoms with Crippen molar-refractivity contribution in [2.45, 2.75) is 309 Å². The summed E-state index contributed by atoms with van der Waals surface area (Å²) in [5, 5.41) is 0. The van der Waals surface area contributed by atoms with Gasteiger partial charge in [-0.3, -0.25) is 14.4 Å². The van der Waals surface area contributed by atoms with Gasteiger partial charge in [0.25, 0.3) is 0 Å². The van der Waals surface area contributed by atoms with Gasteiger partial charge in [-0.1, -0.05) is 286 Å². The third-order valence-corrected chi connectivity index (χ3v) is 13.2. The Labute approximate surface area is 440 Å². The summed E-state index contributed by atoms with van der Waals surface area (Å²) in [6, 6.07) is 0. The fraction of sp³-hybridized carbons (Fsp3) is 0.769. The average Bonchev–Trinajstić information content (AvgIpc) is 3.37. The molecule has 0 aromatic heterocycles. The molecular formula is C65H114O6. The summed E-state index contributed by atoms with van der Waals surface area (Å²) in [5.41, 5.74) is 0. The van der Waals surface area contributed by atoms with Crippen LogP contribution in [0, 0.1) is 0 Å². The van der Waals surface area contributed by atoms with Crippen LogP contribution in [0.15, 0.2) is 72.9 Å². The third-order valence-electron chi connectivity index (χ3n) is 13.2. The fourth-order valence-corrected chi connectivity index (χ4v) is 8.69. The number of rotatable bonds is 55.